The van der Waals surface area contributed by atoms with E-state index in [0.717, 1.165) is 16.9 Å². The summed E-state index contributed by atoms with van der Waals surface area (Å²) in [4.78, 5) is 44.4. The molecule has 9 nitrogen and oxygen atoms in total. The third-order valence-electron chi connectivity index (χ3n) is 4.74. The molecule has 3 heterocycles. The Hall–Kier alpha value is -2.84. The number of pyridine rings is 1. The highest BCUT2D eigenvalue weighted by molar-refractivity contribution is 5.83. The van der Waals surface area contributed by atoms with Crippen LogP contribution >= 0.6 is 0 Å². The summed E-state index contributed by atoms with van der Waals surface area (Å²) >= 11 is 0. The minimum Gasteiger partial charge on any atom is -0.480 e. The highest BCUT2D eigenvalue weighted by atomic mass is 16.6. The zero-order valence-electron chi connectivity index (χ0n) is 15.0. The number of anilines is 1. The maximum absolute atomic E-state index is 12.5. The first-order chi connectivity index (χ1) is 12.3. The van der Waals surface area contributed by atoms with Gasteiger partial charge >= 0.3 is 12.1 Å². The van der Waals surface area contributed by atoms with Gasteiger partial charge in [0.25, 0.3) is 0 Å². The van der Waals surface area contributed by atoms with Crippen molar-refractivity contribution in [3.63, 3.8) is 0 Å². The number of likely N-dealkylation sites (tertiary alicyclic amines) is 1. The number of ether oxygens (including phenoxy) is 1. The lowest BCUT2D eigenvalue weighted by molar-refractivity contribution is -0.147. The van der Waals surface area contributed by atoms with Crippen molar-refractivity contribution >= 4 is 23.8 Å². The maximum Gasteiger partial charge on any atom is 0.410 e. The van der Waals surface area contributed by atoms with Crippen molar-refractivity contribution in [1.82, 2.24) is 14.8 Å². The fourth-order valence-electron chi connectivity index (χ4n) is 3.49. The molecule has 2 aliphatic rings. The van der Waals surface area contributed by atoms with Crippen molar-refractivity contribution in [3.8, 4) is 0 Å². The molecule has 2 atom stereocenters. The number of carbonyl (C=O) groups is 3. The molecule has 2 aliphatic heterocycles. The van der Waals surface area contributed by atoms with Crippen molar-refractivity contribution < 1.29 is 24.2 Å². The number of nitrogens with zero attached hydrogens (tertiary/aromatic N) is 4. The number of carbonyl (C=O) groups excluding carboxylic acids is 2. The second kappa shape index (κ2) is 6.81. The first kappa shape index (κ1) is 18.0. The Morgan fingerprint density at radius 1 is 1.31 bits per heavy atom. The standard InChI is InChI=1S/C17H22N4O5/c1-10(22)21-8-12(6-14(21)16(23)24)26-17(25)20-7-11-4-5-18-15(19(2)3)13(11)9-20/h4-5,12,14H,6-9H2,1-3H3,(H,23,24)/t12-,14+/m1/s1. The molecule has 26 heavy (non-hydrogen) atoms. The predicted octanol–water partition coefficient (Wildman–Crippen LogP) is 0.674. The lowest BCUT2D eigenvalue weighted by atomic mass is 10.1. The van der Waals surface area contributed by atoms with Crippen LogP contribution in [0.4, 0.5) is 10.6 Å². The second-order valence-electron chi connectivity index (χ2n) is 6.79. The number of hydrogen-bond acceptors (Lipinski definition) is 6. The van der Waals surface area contributed by atoms with Crippen LogP contribution in [-0.4, -0.2) is 70.6 Å². The van der Waals surface area contributed by atoms with Crippen LogP contribution in [0.5, 0.6) is 0 Å². The van der Waals surface area contributed by atoms with Crippen molar-refractivity contribution in [3.05, 3.63) is 23.4 Å². The van der Waals surface area contributed by atoms with Gasteiger partial charge in [0, 0.05) is 45.7 Å². The van der Waals surface area contributed by atoms with E-state index in [-0.39, 0.29) is 18.9 Å². The van der Waals surface area contributed by atoms with Gasteiger partial charge in [-0.15, -0.1) is 0 Å². The van der Waals surface area contributed by atoms with Gasteiger partial charge in [-0.25, -0.2) is 14.6 Å². The van der Waals surface area contributed by atoms with Crippen molar-refractivity contribution in [2.75, 3.05) is 25.5 Å². The molecule has 0 radical (unpaired) electrons. The summed E-state index contributed by atoms with van der Waals surface area (Å²) in [7, 11) is 3.79. The Morgan fingerprint density at radius 2 is 2.04 bits per heavy atom. The van der Waals surface area contributed by atoms with Crippen molar-refractivity contribution in [2.24, 2.45) is 0 Å². The van der Waals surface area contributed by atoms with Crippen LogP contribution in [0.1, 0.15) is 24.5 Å². The first-order valence-electron chi connectivity index (χ1n) is 8.37. The van der Waals surface area contributed by atoms with Gasteiger partial charge in [0.05, 0.1) is 13.1 Å². The number of rotatable bonds is 3. The number of fused-ring (bicyclic) bond motifs is 1. The summed E-state index contributed by atoms with van der Waals surface area (Å²) < 4.78 is 5.48. The normalized spacial score (nSPS) is 21.5. The lowest BCUT2D eigenvalue weighted by Gasteiger charge is -2.20. The Kier molecular flexibility index (Phi) is 4.71. The molecule has 1 aromatic rings. The quantitative estimate of drug-likeness (QED) is 0.843. The number of carboxylic acids is 1. The zero-order chi connectivity index (χ0) is 19.0. The number of aliphatic carboxylic acids is 1. The summed E-state index contributed by atoms with van der Waals surface area (Å²) in [5, 5.41) is 9.24. The molecular formula is C17H22N4O5. The molecule has 0 aliphatic carbocycles. The molecule has 3 rings (SSSR count). The molecule has 1 aromatic heterocycles. The van der Waals surface area contributed by atoms with Crippen molar-refractivity contribution in [2.45, 2.75) is 38.6 Å². The summed E-state index contributed by atoms with van der Waals surface area (Å²) in [6.07, 6.45) is 0.682. The van der Waals surface area contributed by atoms with E-state index in [9.17, 15) is 19.5 Å². The van der Waals surface area contributed by atoms with Crippen LogP contribution in [-0.2, 0) is 27.4 Å². The van der Waals surface area contributed by atoms with Crippen LogP contribution in [0.3, 0.4) is 0 Å². The van der Waals surface area contributed by atoms with E-state index in [4.69, 9.17) is 4.74 Å². The summed E-state index contributed by atoms with van der Waals surface area (Å²) in [6.45, 7) is 2.22. The van der Waals surface area contributed by atoms with Gasteiger partial charge in [-0.05, 0) is 11.6 Å². The maximum atomic E-state index is 12.5. The van der Waals surface area contributed by atoms with Crippen LogP contribution < -0.4 is 4.90 Å². The van der Waals surface area contributed by atoms with Gasteiger partial charge in [-0.1, -0.05) is 0 Å². The number of carboxylic acid groups (broad SMARTS) is 1. The van der Waals surface area contributed by atoms with E-state index in [0.29, 0.717) is 13.1 Å². The highest BCUT2D eigenvalue weighted by Gasteiger charge is 2.41. The Balaban J connectivity index is 1.66. The van der Waals surface area contributed by atoms with Crippen LogP contribution in [0.2, 0.25) is 0 Å². The van der Waals surface area contributed by atoms with Crippen LogP contribution in [0.15, 0.2) is 12.3 Å². The lowest BCUT2D eigenvalue weighted by Crippen LogP contribution is -2.39. The van der Waals surface area contributed by atoms with E-state index in [2.05, 4.69) is 4.98 Å². The average Bonchev–Trinajstić information content (AvgIpc) is 3.18. The molecular weight excluding hydrogens is 340 g/mol. The molecule has 0 spiro atoms. The molecule has 140 valence electrons. The summed E-state index contributed by atoms with van der Waals surface area (Å²) in [5.41, 5.74) is 2.00. The summed E-state index contributed by atoms with van der Waals surface area (Å²) in [5.74, 6) is -0.618. The molecule has 0 aromatic carbocycles. The van der Waals surface area contributed by atoms with Gasteiger partial charge in [0.15, 0.2) is 0 Å². The SMILES string of the molecule is CC(=O)N1C[C@H](OC(=O)N2Cc3ccnc(N(C)C)c3C2)C[C@H]1C(=O)O. The molecule has 2 amide bonds. The number of aromatic nitrogens is 1. The molecule has 1 fully saturated rings. The first-order valence-corrected chi connectivity index (χ1v) is 8.37. The van der Waals surface area contributed by atoms with Crippen LogP contribution in [0, 0.1) is 0 Å². The van der Waals surface area contributed by atoms with Gasteiger partial charge in [0.2, 0.25) is 5.91 Å². The fourth-order valence-corrected chi connectivity index (χ4v) is 3.49. The Morgan fingerprint density at radius 3 is 2.62 bits per heavy atom. The molecule has 0 unspecified atom stereocenters. The van der Waals surface area contributed by atoms with Crippen molar-refractivity contribution in [1.29, 1.82) is 0 Å². The minimum absolute atomic E-state index is 0.101. The monoisotopic (exact) mass is 362 g/mol. The third-order valence-corrected chi connectivity index (χ3v) is 4.74. The highest BCUT2D eigenvalue weighted by Crippen LogP contribution is 2.30. The van der Waals surface area contributed by atoms with Crippen LogP contribution in [0.25, 0.3) is 0 Å². The zero-order valence-corrected chi connectivity index (χ0v) is 15.0. The Labute approximate surface area is 151 Å². The molecule has 1 N–H and O–H groups in total. The van der Waals surface area contributed by atoms with Gasteiger partial charge in [0.1, 0.15) is 18.0 Å². The minimum atomic E-state index is -1.09. The summed E-state index contributed by atoms with van der Waals surface area (Å²) in [6, 6.07) is 0.925. The fraction of sp³-hybridized carbons (Fsp3) is 0.529. The van der Waals surface area contributed by atoms with E-state index < -0.39 is 24.2 Å². The topological polar surface area (TPSA) is 103 Å². The molecule has 9 heteroatoms. The van der Waals surface area contributed by atoms with Gasteiger partial charge < -0.3 is 19.6 Å². The third kappa shape index (κ3) is 3.29. The molecule has 1 saturated heterocycles. The van der Waals surface area contributed by atoms with E-state index in [1.807, 2.05) is 25.1 Å². The van der Waals surface area contributed by atoms with Gasteiger partial charge in [-0.2, -0.15) is 0 Å². The molecule has 0 bridgehead atoms. The van der Waals surface area contributed by atoms with E-state index >= 15 is 0 Å². The number of amides is 2. The second-order valence-corrected chi connectivity index (χ2v) is 6.79. The van der Waals surface area contributed by atoms with Gasteiger partial charge in [-0.3, -0.25) is 9.69 Å². The average molecular weight is 362 g/mol. The Bertz CT molecular complexity index is 729. The predicted molar refractivity (Wildman–Crippen MR) is 91.5 cm³/mol. The van der Waals surface area contributed by atoms with E-state index in [1.165, 1.54) is 11.8 Å². The van der Waals surface area contributed by atoms with E-state index in [1.54, 1.807) is 11.1 Å². The smallest absolute Gasteiger partial charge is 0.410 e. The molecule has 0 saturated carbocycles. The number of hydrogen-bond donors (Lipinski definition) is 1. The largest absolute Gasteiger partial charge is 0.480 e.